The highest BCUT2D eigenvalue weighted by Crippen LogP contribution is 2.35. The molecule has 1 aromatic heterocycles. The molecule has 26 heavy (non-hydrogen) atoms. The van der Waals surface area contributed by atoms with Gasteiger partial charge < -0.3 is 10.6 Å². The topological polar surface area (TPSA) is 49.8 Å². The van der Waals surface area contributed by atoms with Crippen LogP contribution in [0.3, 0.4) is 0 Å². The number of rotatable bonds is 4. The van der Waals surface area contributed by atoms with Crippen molar-refractivity contribution in [3.8, 4) is 0 Å². The van der Waals surface area contributed by atoms with Crippen LogP contribution in [-0.4, -0.2) is 9.97 Å². The summed E-state index contributed by atoms with van der Waals surface area (Å²) in [6, 6.07) is 10.4. The number of aromatic nitrogens is 2. The van der Waals surface area contributed by atoms with E-state index in [0.29, 0.717) is 11.9 Å². The van der Waals surface area contributed by atoms with Crippen LogP contribution in [0.25, 0.3) is 0 Å². The number of para-hydroxylation sites is 1. The van der Waals surface area contributed by atoms with Crippen LogP contribution in [0.1, 0.15) is 5.56 Å². The lowest BCUT2D eigenvalue weighted by molar-refractivity contribution is -0.137. The summed E-state index contributed by atoms with van der Waals surface area (Å²) >= 11 is 0. The second kappa shape index (κ2) is 6.95. The molecule has 0 radical (unpaired) electrons. The Labute approximate surface area is 144 Å². The van der Waals surface area contributed by atoms with Gasteiger partial charge in [-0.3, -0.25) is 0 Å². The van der Waals surface area contributed by atoms with Gasteiger partial charge >= 0.3 is 6.18 Å². The first-order valence-electron chi connectivity index (χ1n) is 7.31. The fourth-order valence-electron chi connectivity index (χ4n) is 2.10. The van der Waals surface area contributed by atoms with Crippen LogP contribution in [0.4, 0.5) is 45.1 Å². The number of anilines is 4. The number of alkyl halides is 3. The maximum atomic E-state index is 13.8. The van der Waals surface area contributed by atoms with Gasteiger partial charge in [0.15, 0.2) is 0 Å². The number of nitrogens with one attached hydrogen (secondary N) is 2. The van der Waals surface area contributed by atoms with Crippen LogP contribution >= 0.6 is 0 Å². The highest BCUT2D eigenvalue weighted by Gasteiger charge is 2.35. The molecule has 2 N–H and O–H groups in total. The Morgan fingerprint density at radius 2 is 1.54 bits per heavy atom. The minimum Gasteiger partial charge on any atom is -0.337 e. The number of hydrogen-bond donors (Lipinski definition) is 2. The van der Waals surface area contributed by atoms with Crippen molar-refractivity contribution in [1.29, 1.82) is 0 Å². The van der Waals surface area contributed by atoms with Gasteiger partial charge in [-0.15, -0.1) is 0 Å². The van der Waals surface area contributed by atoms with E-state index >= 15 is 0 Å². The molecule has 0 fully saturated rings. The minimum atomic E-state index is -4.73. The third-order valence-electron chi connectivity index (χ3n) is 3.32. The van der Waals surface area contributed by atoms with Crippen LogP contribution in [0.2, 0.25) is 0 Å². The summed E-state index contributed by atoms with van der Waals surface area (Å²) < 4.78 is 66.2. The molecule has 0 spiro atoms. The van der Waals surface area contributed by atoms with Crippen LogP contribution in [-0.2, 0) is 6.18 Å². The third-order valence-corrected chi connectivity index (χ3v) is 3.32. The van der Waals surface area contributed by atoms with E-state index in [1.165, 1.54) is 42.5 Å². The lowest BCUT2D eigenvalue weighted by Gasteiger charge is -2.15. The normalized spacial score (nSPS) is 11.3. The third kappa shape index (κ3) is 4.05. The van der Waals surface area contributed by atoms with E-state index in [4.69, 9.17) is 0 Å². The van der Waals surface area contributed by atoms with Gasteiger partial charge in [0.1, 0.15) is 23.0 Å². The molecule has 0 aliphatic carbocycles. The predicted molar refractivity (Wildman–Crippen MR) is 86.4 cm³/mol. The smallest absolute Gasteiger partial charge is 0.337 e. The lowest BCUT2D eigenvalue weighted by Crippen LogP contribution is -2.13. The van der Waals surface area contributed by atoms with Crippen molar-refractivity contribution in [1.82, 2.24) is 9.97 Å². The van der Waals surface area contributed by atoms with Gasteiger partial charge in [0.05, 0.1) is 5.69 Å². The molecule has 4 nitrogen and oxygen atoms in total. The molecule has 1 heterocycles. The van der Waals surface area contributed by atoms with E-state index in [1.54, 1.807) is 0 Å². The zero-order valence-corrected chi connectivity index (χ0v) is 13.0. The van der Waals surface area contributed by atoms with Crippen molar-refractivity contribution < 1.29 is 22.0 Å². The molecule has 0 aliphatic rings. The summed E-state index contributed by atoms with van der Waals surface area (Å²) in [6.07, 6.45) is -4.15. The van der Waals surface area contributed by atoms with Gasteiger partial charge in [0, 0.05) is 11.9 Å². The van der Waals surface area contributed by atoms with Crippen LogP contribution in [0, 0.1) is 11.6 Å². The molecule has 134 valence electrons. The molecule has 0 aliphatic heterocycles. The minimum absolute atomic E-state index is 0.163. The van der Waals surface area contributed by atoms with E-state index in [2.05, 4.69) is 20.6 Å². The van der Waals surface area contributed by atoms with E-state index in [0.717, 1.165) is 6.07 Å². The Balaban J connectivity index is 1.96. The summed E-state index contributed by atoms with van der Waals surface area (Å²) in [5.74, 6) is -1.97. The predicted octanol–water partition coefficient (Wildman–Crippen LogP) is 5.26. The number of hydrogen-bond acceptors (Lipinski definition) is 4. The van der Waals surface area contributed by atoms with E-state index in [1.807, 2.05) is 0 Å². The van der Waals surface area contributed by atoms with Crippen molar-refractivity contribution in [2.45, 2.75) is 6.18 Å². The zero-order valence-electron chi connectivity index (χ0n) is 13.0. The second-order valence-corrected chi connectivity index (χ2v) is 5.19. The lowest BCUT2D eigenvalue weighted by atomic mass is 10.2. The summed E-state index contributed by atoms with van der Waals surface area (Å²) in [5.41, 5.74) is -0.933. The molecule has 0 bridgehead atoms. The average molecular weight is 366 g/mol. The zero-order chi connectivity index (χ0) is 18.7. The molecule has 0 unspecified atom stereocenters. The summed E-state index contributed by atoms with van der Waals surface area (Å²) in [5, 5.41) is 5.00. The molecule has 0 saturated heterocycles. The maximum Gasteiger partial charge on any atom is 0.421 e. The quantitative estimate of drug-likeness (QED) is 0.619. The van der Waals surface area contributed by atoms with Crippen molar-refractivity contribution in [2.75, 3.05) is 10.6 Å². The molecular weight excluding hydrogens is 355 g/mol. The molecule has 2 aromatic carbocycles. The summed E-state index contributed by atoms with van der Waals surface area (Å²) in [7, 11) is 0. The fourth-order valence-corrected chi connectivity index (χ4v) is 2.10. The van der Waals surface area contributed by atoms with Crippen LogP contribution in [0.15, 0.2) is 54.7 Å². The maximum absolute atomic E-state index is 13.8. The Bertz CT molecular complexity index is 910. The van der Waals surface area contributed by atoms with Crippen LogP contribution < -0.4 is 10.6 Å². The first kappa shape index (κ1) is 17.6. The van der Waals surface area contributed by atoms with Crippen molar-refractivity contribution >= 4 is 23.1 Å². The van der Waals surface area contributed by atoms with E-state index in [-0.39, 0.29) is 11.6 Å². The highest BCUT2D eigenvalue weighted by molar-refractivity contribution is 5.63. The fraction of sp³-hybridized carbons (Fsp3) is 0.0588. The summed E-state index contributed by atoms with van der Waals surface area (Å²) in [4.78, 5) is 7.40. The molecule has 3 aromatic rings. The molecule has 3 rings (SSSR count). The van der Waals surface area contributed by atoms with E-state index in [9.17, 15) is 22.0 Å². The number of nitrogens with zero attached hydrogens (tertiary/aromatic N) is 2. The Morgan fingerprint density at radius 3 is 2.19 bits per heavy atom. The summed E-state index contributed by atoms with van der Waals surface area (Å²) in [6.45, 7) is 0. The molecule has 9 heteroatoms. The Morgan fingerprint density at radius 1 is 0.846 bits per heavy atom. The Kier molecular flexibility index (Phi) is 4.70. The molecular formula is C17H11F5N4. The van der Waals surface area contributed by atoms with Gasteiger partial charge in [0.25, 0.3) is 0 Å². The van der Waals surface area contributed by atoms with Crippen molar-refractivity contribution in [3.63, 3.8) is 0 Å². The molecule has 0 saturated carbocycles. The standard InChI is InChI=1S/C17H11F5N4/c18-10-5-7-11(8-6-10)24-16-23-9-12(17(20,21)22)15(26-16)25-14-4-2-1-3-13(14)19/h1-9H,(H2,23,24,25,26). The largest absolute Gasteiger partial charge is 0.421 e. The SMILES string of the molecule is Fc1ccc(Nc2ncc(C(F)(F)F)c(Nc3ccccc3F)n2)cc1. The molecule has 0 atom stereocenters. The van der Waals surface area contributed by atoms with E-state index < -0.39 is 29.2 Å². The van der Waals surface area contributed by atoms with Crippen molar-refractivity contribution in [3.05, 3.63) is 71.9 Å². The van der Waals surface area contributed by atoms with Gasteiger partial charge in [-0.25, -0.2) is 13.8 Å². The van der Waals surface area contributed by atoms with Crippen LogP contribution in [0.5, 0.6) is 0 Å². The first-order valence-corrected chi connectivity index (χ1v) is 7.31. The van der Waals surface area contributed by atoms with Gasteiger partial charge in [-0.05, 0) is 36.4 Å². The average Bonchev–Trinajstić information content (AvgIpc) is 2.58. The van der Waals surface area contributed by atoms with Gasteiger partial charge in [0.2, 0.25) is 5.95 Å². The number of halogens is 5. The highest BCUT2D eigenvalue weighted by atomic mass is 19.4. The Hall–Kier alpha value is -3.23. The molecule has 0 amide bonds. The monoisotopic (exact) mass is 366 g/mol. The van der Waals surface area contributed by atoms with Gasteiger partial charge in [-0.2, -0.15) is 18.2 Å². The van der Waals surface area contributed by atoms with Crippen molar-refractivity contribution in [2.24, 2.45) is 0 Å². The first-order chi connectivity index (χ1) is 12.3. The second-order valence-electron chi connectivity index (χ2n) is 5.19. The number of benzene rings is 2. The van der Waals surface area contributed by atoms with Gasteiger partial charge in [-0.1, -0.05) is 12.1 Å².